The van der Waals surface area contributed by atoms with Gasteiger partial charge < -0.3 is 15.0 Å². The van der Waals surface area contributed by atoms with E-state index in [2.05, 4.69) is 5.32 Å². The number of nitrogens with one attached hydrogen (secondary N) is 1. The lowest BCUT2D eigenvalue weighted by Gasteiger charge is -2.34. The maximum atomic E-state index is 13.1. The largest absolute Gasteiger partial charge is 0.483 e. The van der Waals surface area contributed by atoms with Gasteiger partial charge in [-0.15, -0.1) is 0 Å². The Labute approximate surface area is 196 Å². The molecule has 5 rings (SSSR count). The second kappa shape index (κ2) is 8.54. The summed E-state index contributed by atoms with van der Waals surface area (Å²) < 4.78 is 33.2. The van der Waals surface area contributed by atoms with Gasteiger partial charge in [0.15, 0.2) is 6.61 Å². The van der Waals surface area contributed by atoms with Crippen LogP contribution in [0.15, 0.2) is 65.6 Å². The summed E-state index contributed by atoms with van der Waals surface area (Å²) in [4.78, 5) is 37.7. The Hall–Kier alpha value is -3.76. The van der Waals surface area contributed by atoms with Gasteiger partial charge in [-0.1, -0.05) is 36.4 Å². The van der Waals surface area contributed by atoms with E-state index in [1.165, 1.54) is 22.5 Å². The fourth-order valence-electron chi connectivity index (χ4n) is 4.16. The molecule has 0 aromatic heterocycles. The number of hydrogen-bond donors (Lipinski definition) is 1. The van der Waals surface area contributed by atoms with Crippen LogP contribution >= 0.6 is 0 Å². The van der Waals surface area contributed by atoms with Gasteiger partial charge in [0, 0.05) is 31.6 Å². The maximum Gasteiger partial charge on any atom is 0.296 e. The molecule has 1 saturated heterocycles. The molecule has 0 radical (unpaired) electrons. The summed E-state index contributed by atoms with van der Waals surface area (Å²) in [5.74, 6) is -1.14. The highest BCUT2D eigenvalue weighted by molar-refractivity contribution is 7.89. The Balaban J connectivity index is 1.22. The van der Waals surface area contributed by atoms with Gasteiger partial charge in [-0.2, -0.15) is 4.31 Å². The molecule has 9 nitrogen and oxygen atoms in total. The molecule has 1 N–H and O–H groups in total. The smallest absolute Gasteiger partial charge is 0.296 e. The van der Waals surface area contributed by atoms with Crippen molar-refractivity contribution in [2.75, 3.05) is 38.1 Å². The summed E-state index contributed by atoms with van der Waals surface area (Å²) in [6.45, 7) is 0.533. The molecule has 174 valence electrons. The first-order valence-electron chi connectivity index (χ1n) is 10.7. The molecule has 0 bridgehead atoms. The number of amides is 2. The van der Waals surface area contributed by atoms with E-state index in [1.807, 2.05) is 42.5 Å². The Bertz CT molecular complexity index is 1420. The number of fused-ring (bicyclic) bond motifs is 2. The van der Waals surface area contributed by atoms with Crippen LogP contribution < -0.4 is 10.1 Å². The molecule has 2 amide bonds. The SMILES string of the molecule is O=C1Nc2ccc(S(=O)(=O)N3CCN(C(=O)COc4cccc5ccccc45)CC3)cc2C1=O. The van der Waals surface area contributed by atoms with Gasteiger partial charge in [0.2, 0.25) is 10.0 Å². The molecule has 0 unspecified atom stereocenters. The number of ether oxygens (including phenoxy) is 1. The van der Waals surface area contributed by atoms with Crippen LogP contribution in [-0.2, 0) is 19.6 Å². The average Bonchev–Trinajstić information content (AvgIpc) is 3.15. The third-order valence-electron chi connectivity index (χ3n) is 6.02. The van der Waals surface area contributed by atoms with Gasteiger partial charge in [0.05, 0.1) is 16.1 Å². The van der Waals surface area contributed by atoms with Gasteiger partial charge in [-0.05, 0) is 29.7 Å². The van der Waals surface area contributed by atoms with Crippen molar-refractivity contribution >= 4 is 44.1 Å². The highest BCUT2D eigenvalue weighted by atomic mass is 32.2. The van der Waals surface area contributed by atoms with E-state index in [9.17, 15) is 22.8 Å². The first kappa shape index (κ1) is 22.1. The molecule has 1 fully saturated rings. The van der Waals surface area contributed by atoms with Crippen molar-refractivity contribution in [2.24, 2.45) is 0 Å². The van der Waals surface area contributed by atoms with E-state index >= 15 is 0 Å². The van der Waals surface area contributed by atoms with E-state index in [0.29, 0.717) is 11.4 Å². The summed E-state index contributed by atoms with van der Waals surface area (Å²) in [6.07, 6.45) is 0. The minimum absolute atomic E-state index is 0.0467. The summed E-state index contributed by atoms with van der Waals surface area (Å²) in [7, 11) is -3.88. The minimum atomic E-state index is -3.88. The van der Waals surface area contributed by atoms with Crippen molar-refractivity contribution in [2.45, 2.75) is 4.90 Å². The predicted octanol–water partition coefficient (Wildman–Crippen LogP) is 1.89. The van der Waals surface area contributed by atoms with Gasteiger partial charge in [-0.25, -0.2) is 8.42 Å². The lowest BCUT2D eigenvalue weighted by Crippen LogP contribution is -2.51. The third-order valence-corrected chi connectivity index (χ3v) is 7.91. The number of benzene rings is 3. The molecule has 2 aliphatic heterocycles. The first-order valence-corrected chi connectivity index (χ1v) is 12.2. The number of nitrogens with zero attached hydrogens (tertiary/aromatic N) is 2. The quantitative estimate of drug-likeness (QED) is 0.559. The normalized spacial score (nSPS) is 16.4. The number of rotatable bonds is 5. The van der Waals surface area contributed by atoms with Gasteiger partial charge in [0.1, 0.15) is 5.75 Å². The molecule has 0 spiro atoms. The Morgan fingerprint density at radius 3 is 2.47 bits per heavy atom. The topological polar surface area (TPSA) is 113 Å². The van der Waals surface area contributed by atoms with E-state index in [-0.39, 0.29) is 49.2 Å². The zero-order chi connectivity index (χ0) is 23.9. The van der Waals surface area contributed by atoms with E-state index in [1.54, 1.807) is 4.90 Å². The number of carbonyl (C=O) groups excluding carboxylic acids is 3. The molecule has 3 aromatic rings. The van der Waals surface area contributed by atoms with Crippen molar-refractivity contribution in [3.8, 4) is 5.75 Å². The number of Topliss-reactive ketones (excluding diaryl/α,β-unsaturated/α-hetero) is 1. The Morgan fingerprint density at radius 2 is 1.68 bits per heavy atom. The van der Waals surface area contributed by atoms with E-state index < -0.39 is 21.7 Å². The van der Waals surface area contributed by atoms with Crippen LogP contribution in [0.4, 0.5) is 5.69 Å². The molecule has 2 aliphatic rings. The van der Waals surface area contributed by atoms with Crippen molar-refractivity contribution in [3.63, 3.8) is 0 Å². The van der Waals surface area contributed by atoms with Gasteiger partial charge in [0.25, 0.3) is 17.6 Å². The van der Waals surface area contributed by atoms with Crippen molar-refractivity contribution in [3.05, 3.63) is 66.2 Å². The number of carbonyl (C=O) groups is 3. The van der Waals surface area contributed by atoms with Crippen LogP contribution in [0.1, 0.15) is 10.4 Å². The summed E-state index contributed by atoms with van der Waals surface area (Å²) in [5.41, 5.74) is 0.348. The molecule has 0 atom stereocenters. The zero-order valence-electron chi connectivity index (χ0n) is 18.1. The number of hydrogen-bond acceptors (Lipinski definition) is 6. The number of sulfonamides is 1. The zero-order valence-corrected chi connectivity index (χ0v) is 18.9. The predicted molar refractivity (Wildman–Crippen MR) is 124 cm³/mol. The van der Waals surface area contributed by atoms with Crippen molar-refractivity contribution in [1.82, 2.24) is 9.21 Å². The van der Waals surface area contributed by atoms with Crippen LogP contribution in [0.2, 0.25) is 0 Å². The monoisotopic (exact) mass is 479 g/mol. The lowest BCUT2D eigenvalue weighted by atomic mass is 10.1. The standard InChI is InChI=1S/C24H21N3O6S/c28-22(15-33-21-7-3-5-16-4-1-2-6-18(16)21)26-10-12-27(13-11-26)34(31,32)17-8-9-20-19(14-17)23(29)24(30)25-20/h1-9,14H,10-13,15H2,(H,25,29,30). The first-order chi connectivity index (χ1) is 16.3. The van der Waals surface area contributed by atoms with Crippen LogP contribution in [0.5, 0.6) is 5.75 Å². The molecule has 3 aromatic carbocycles. The summed E-state index contributed by atoms with van der Waals surface area (Å²) in [6, 6.07) is 17.4. The summed E-state index contributed by atoms with van der Waals surface area (Å²) >= 11 is 0. The molecular formula is C24H21N3O6S. The van der Waals surface area contributed by atoms with Crippen molar-refractivity contribution in [1.29, 1.82) is 0 Å². The number of anilines is 1. The summed E-state index contributed by atoms with van der Waals surface area (Å²) in [5, 5.41) is 4.33. The average molecular weight is 480 g/mol. The second-order valence-electron chi connectivity index (χ2n) is 8.04. The minimum Gasteiger partial charge on any atom is -0.483 e. The highest BCUT2D eigenvalue weighted by Gasteiger charge is 2.33. The number of piperazine rings is 1. The van der Waals surface area contributed by atoms with Gasteiger partial charge >= 0.3 is 0 Å². The Kier molecular flexibility index (Phi) is 5.54. The van der Waals surface area contributed by atoms with E-state index in [4.69, 9.17) is 4.74 Å². The third kappa shape index (κ3) is 3.91. The van der Waals surface area contributed by atoms with Crippen LogP contribution in [0, 0.1) is 0 Å². The lowest BCUT2D eigenvalue weighted by molar-refractivity contribution is -0.134. The number of ketones is 1. The van der Waals surface area contributed by atoms with E-state index in [0.717, 1.165) is 10.8 Å². The van der Waals surface area contributed by atoms with Crippen LogP contribution in [0.25, 0.3) is 10.8 Å². The molecule has 0 saturated carbocycles. The molecular weight excluding hydrogens is 458 g/mol. The van der Waals surface area contributed by atoms with Crippen LogP contribution in [0.3, 0.4) is 0 Å². The highest BCUT2D eigenvalue weighted by Crippen LogP contribution is 2.28. The molecule has 2 heterocycles. The molecule has 10 heteroatoms. The molecule has 34 heavy (non-hydrogen) atoms. The fraction of sp³-hybridized carbons (Fsp3) is 0.208. The maximum absolute atomic E-state index is 13.1. The Morgan fingerprint density at radius 1 is 0.941 bits per heavy atom. The van der Waals surface area contributed by atoms with Crippen LogP contribution in [-0.4, -0.2) is 68.0 Å². The fourth-order valence-corrected chi connectivity index (χ4v) is 5.61. The van der Waals surface area contributed by atoms with Crippen molar-refractivity contribution < 1.29 is 27.5 Å². The van der Waals surface area contributed by atoms with Gasteiger partial charge in [-0.3, -0.25) is 14.4 Å². The molecule has 0 aliphatic carbocycles. The second-order valence-corrected chi connectivity index (χ2v) is 9.98.